The van der Waals surface area contributed by atoms with Gasteiger partial charge >= 0.3 is 0 Å². The summed E-state index contributed by atoms with van der Waals surface area (Å²) in [6, 6.07) is 8.48. The number of nitrogens with zero attached hydrogens (tertiary/aromatic N) is 4. The molecule has 0 fully saturated rings. The Morgan fingerprint density at radius 1 is 1.12 bits per heavy atom. The molecule has 2 aromatic rings. The van der Waals surface area contributed by atoms with Gasteiger partial charge in [-0.05, 0) is 30.9 Å². The summed E-state index contributed by atoms with van der Waals surface area (Å²) in [4.78, 5) is 4.76. The molecule has 2 rings (SSSR count). The van der Waals surface area contributed by atoms with Gasteiger partial charge in [-0.2, -0.15) is 0 Å². The Hall–Kier alpha value is -1.64. The Kier molecular flexibility index (Phi) is 10.2. The Labute approximate surface area is 173 Å². The van der Waals surface area contributed by atoms with Crippen LogP contribution in [0.3, 0.4) is 0 Å². The number of hydrogen-bond acceptors (Lipinski definition) is 3. The van der Waals surface area contributed by atoms with Gasteiger partial charge in [-0.25, -0.2) is 4.99 Å². The molecule has 0 saturated heterocycles. The summed E-state index contributed by atoms with van der Waals surface area (Å²) < 4.78 is 1.99. The molecule has 0 aliphatic carbocycles. The van der Waals surface area contributed by atoms with Gasteiger partial charge in [0.2, 0.25) is 0 Å². The zero-order valence-electron chi connectivity index (χ0n) is 16.2. The molecular weight excluding hydrogens is 439 g/mol. The van der Waals surface area contributed by atoms with E-state index < -0.39 is 0 Å². The largest absolute Gasteiger partial charge is 0.356 e. The van der Waals surface area contributed by atoms with E-state index in [1.807, 2.05) is 18.5 Å². The predicted molar refractivity (Wildman–Crippen MR) is 118 cm³/mol. The van der Waals surface area contributed by atoms with Crippen molar-refractivity contribution < 1.29 is 0 Å². The zero-order chi connectivity index (χ0) is 18.1. The van der Waals surface area contributed by atoms with Gasteiger partial charge in [-0.1, -0.05) is 44.5 Å². The van der Waals surface area contributed by atoms with Crippen LogP contribution in [0.5, 0.6) is 0 Å². The SMILES string of the molecule is CCCCNC(=NCc1ccccc1CC)NCc1nnc(C)n1C.I. The number of benzene rings is 1. The molecule has 0 aliphatic heterocycles. The second kappa shape index (κ2) is 11.9. The number of guanidine groups is 1. The third-order valence-corrected chi connectivity index (χ3v) is 4.33. The van der Waals surface area contributed by atoms with Gasteiger partial charge in [-0.15, -0.1) is 34.2 Å². The molecule has 1 aromatic carbocycles. The molecule has 6 nitrogen and oxygen atoms in total. The van der Waals surface area contributed by atoms with Crippen LogP contribution in [0.1, 0.15) is 49.5 Å². The number of halogens is 1. The lowest BCUT2D eigenvalue weighted by Crippen LogP contribution is -2.38. The minimum Gasteiger partial charge on any atom is -0.356 e. The lowest BCUT2D eigenvalue weighted by Gasteiger charge is -2.13. The van der Waals surface area contributed by atoms with E-state index in [0.29, 0.717) is 13.1 Å². The first-order valence-electron chi connectivity index (χ1n) is 9.09. The summed E-state index contributed by atoms with van der Waals surface area (Å²) >= 11 is 0. The van der Waals surface area contributed by atoms with Gasteiger partial charge in [0.15, 0.2) is 11.8 Å². The van der Waals surface area contributed by atoms with Crippen LogP contribution in [0.25, 0.3) is 0 Å². The molecule has 7 heteroatoms. The van der Waals surface area contributed by atoms with E-state index in [-0.39, 0.29) is 24.0 Å². The van der Waals surface area contributed by atoms with Crippen molar-refractivity contribution in [2.45, 2.75) is 53.1 Å². The standard InChI is InChI=1S/C19H30N6.HI/c1-5-7-12-20-19(22-14-18-24-23-15(3)25(18)4)21-13-17-11-9-8-10-16(17)6-2;/h8-11H,5-7,12-14H2,1-4H3,(H2,20,21,22);1H. The Morgan fingerprint density at radius 2 is 1.85 bits per heavy atom. The van der Waals surface area contributed by atoms with Crippen LogP contribution >= 0.6 is 24.0 Å². The molecule has 0 unspecified atom stereocenters. The van der Waals surface area contributed by atoms with Crippen LogP contribution in [0.4, 0.5) is 0 Å². The Balaban J connectivity index is 0.00000338. The van der Waals surface area contributed by atoms with E-state index in [4.69, 9.17) is 4.99 Å². The number of nitrogens with one attached hydrogen (secondary N) is 2. The highest BCUT2D eigenvalue weighted by molar-refractivity contribution is 14.0. The molecule has 0 aliphatic rings. The maximum atomic E-state index is 4.76. The van der Waals surface area contributed by atoms with Gasteiger partial charge in [0.1, 0.15) is 5.82 Å². The first kappa shape index (κ1) is 22.4. The van der Waals surface area contributed by atoms with Crippen molar-refractivity contribution in [2.75, 3.05) is 6.54 Å². The predicted octanol–water partition coefficient (Wildman–Crippen LogP) is 3.34. The molecule has 26 heavy (non-hydrogen) atoms. The monoisotopic (exact) mass is 470 g/mol. The molecule has 0 amide bonds. The van der Waals surface area contributed by atoms with Crippen molar-refractivity contribution in [2.24, 2.45) is 12.0 Å². The van der Waals surface area contributed by atoms with E-state index in [1.165, 1.54) is 11.1 Å². The minimum absolute atomic E-state index is 0. The average Bonchev–Trinajstić information content (AvgIpc) is 2.95. The first-order chi connectivity index (χ1) is 12.2. The van der Waals surface area contributed by atoms with E-state index in [1.54, 1.807) is 0 Å². The third-order valence-electron chi connectivity index (χ3n) is 4.33. The molecule has 0 spiro atoms. The van der Waals surface area contributed by atoms with Crippen LogP contribution in [-0.2, 0) is 26.6 Å². The first-order valence-corrected chi connectivity index (χ1v) is 9.09. The van der Waals surface area contributed by atoms with Gasteiger partial charge in [0.25, 0.3) is 0 Å². The summed E-state index contributed by atoms with van der Waals surface area (Å²) in [7, 11) is 1.98. The Bertz CT molecular complexity index is 695. The number of rotatable bonds is 8. The van der Waals surface area contributed by atoms with E-state index in [2.05, 4.69) is 58.9 Å². The molecule has 0 bridgehead atoms. The molecular formula is C19H31IN6. The Morgan fingerprint density at radius 3 is 2.46 bits per heavy atom. The van der Waals surface area contributed by atoms with E-state index >= 15 is 0 Å². The summed E-state index contributed by atoms with van der Waals surface area (Å²) in [5, 5.41) is 15.1. The summed E-state index contributed by atoms with van der Waals surface area (Å²) in [5.74, 6) is 2.63. The molecule has 2 N–H and O–H groups in total. The number of aromatic nitrogens is 3. The van der Waals surface area contributed by atoms with E-state index in [0.717, 1.165) is 43.4 Å². The smallest absolute Gasteiger partial charge is 0.191 e. The minimum atomic E-state index is 0. The second-order valence-electron chi connectivity index (χ2n) is 6.14. The fraction of sp³-hybridized carbons (Fsp3) is 0.526. The van der Waals surface area contributed by atoms with Crippen LogP contribution in [-0.4, -0.2) is 27.3 Å². The maximum absolute atomic E-state index is 4.76. The number of unbranched alkanes of at least 4 members (excludes halogenated alkanes) is 1. The van der Waals surface area contributed by atoms with Gasteiger partial charge < -0.3 is 15.2 Å². The van der Waals surface area contributed by atoms with Crippen LogP contribution < -0.4 is 10.6 Å². The maximum Gasteiger partial charge on any atom is 0.191 e. The van der Waals surface area contributed by atoms with Crippen molar-refractivity contribution >= 4 is 29.9 Å². The fourth-order valence-electron chi connectivity index (χ4n) is 2.55. The summed E-state index contributed by atoms with van der Waals surface area (Å²) in [6.07, 6.45) is 3.30. The molecule has 1 aromatic heterocycles. The van der Waals surface area contributed by atoms with Gasteiger partial charge in [0, 0.05) is 13.6 Å². The van der Waals surface area contributed by atoms with Crippen molar-refractivity contribution in [1.82, 2.24) is 25.4 Å². The zero-order valence-corrected chi connectivity index (χ0v) is 18.6. The highest BCUT2D eigenvalue weighted by Crippen LogP contribution is 2.10. The molecule has 0 saturated carbocycles. The lowest BCUT2D eigenvalue weighted by molar-refractivity contribution is 0.695. The van der Waals surface area contributed by atoms with Crippen LogP contribution in [0.15, 0.2) is 29.3 Å². The summed E-state index contributed by atoms with van der Waals surface area (Å²) in [5.41, 5.74) is 2.62. The average molecular weight is 470 g/mol. The van der Waals surface area contributed by atoms with Crippen LogP contribution in [0, 0.1) is 6.92 Å². The van der Waals surface area contributed by atoms with Gasteiger partial charge in [-0.3, -0.25) is 0 Å². The molecule has 1 heterocycles. The van der Waals surface area contributed by atoms with Crippen molar-refractivity contribution in [3.05, 3.63) is 47.0 Å². The number of aryl methyl sites for hydroxylation is 2. The highest BCUT2D eigenvalue weighted by atomic mass is 127. The van der Waals surface area contributed by atoms with Gasteiger partial charge in [0.05, 0.1) is 13.1 Å². The van der Waals surface area contributed by atoms with Crippen LogP contribution in [0.2, 0.25) is 0 Å². The summed E-state index contributed by atoms with van der Waals surface area (Å²) in [6.45, 7) is 8.50. The topological polar surface area (TPSA) is 67.1 Å². The third kappa shape index (κ3) is 6.59. The second-order valence-corrected chi connectivity index (χ2v) is 6.14. The van der Waals surface area contributed by atoms with Crippen molar-refractivity contribution in [3.63, 3.8) is 0 Å². The molecule has 0 radical (unpaired) electrons. The van der Waals surface area contributed by atoms with Crippen molar-refractivity contribution in [1.29, 1.82) is 0 Å². The molecule has 144 valence electrons. The van der Waals surface area contributed by atoms with E-state index in [9.17, 15) is 0 Å². The van der Waals surface area contributed by atoms with Crippen molar-refractivity contribution in [3.8, 4) is 0 Å². The number of hydrogen-bond donors (Lipinski definition) is 2. The number of aliphatic imine (C=N–C) groups is 1. The fourth-order valence-corrected chi connectivity index (χ4v) is 2.55. The normalized spacial score (nSPS) is 11.2. The lowest BCUT2D eigenvalue weighted by atomic mass is 10.1. The highest BCUT2D eigenvalue weighted by Gasteiger charge is 2.06. The molecule has 0 atom stereocenters. The quantitative estimate of drug-likeness (QED) is 0.269.